The van der Waals surface area contributed by atoms with E-state index in [9.17, 15) is 4.79 Å². The van der Waals surface area contributed by atoms with E-state index >= 15 is 4.39 Å². The summed E-state index contributed by atoms with van der Waals surface area (Å²) in [6.45, 7) is 2.56. The van der Waals surface area contributed by atoms with Crippen LogP contribution in [0.25, 0.3) is 16.7 Å². The average molecular weight is 460 g/mol. The number of para-hydroxylation sites is 1. The Labute approximate surface area is 199 Å². The zero-order valence-corrected chi connectivity index (χ0v) is 19.5. The minimum absolute atomic E-state index is 0.266. The number of rotatable bonds is 8. The fraction of sp³-hybridized carbons (Fsp3) is 0.357. The van der Waals surface area contributed by atoms with E-state index in [-0.39, 0.29) is 10.8 Å². The lowest BCUT2D eigenvalue weighted by molar-refractivity contribution is 0.00654. The summed E-state index contributed by atoms with van der Waals surface area (Å²) in [5, 5.41) is 3.67. The topological polar surface area (TPSA) is 56.1 Å². The van der Waals surface area contributed by atoms with Gasteiger partial charge in [0.1, 0.15) is 11.6 Å². The zero-order chi connectivity index (χ0) is 23.5. The molecule has 176 valence electrons. The molecule has 0 amide bonds. The molecule has 1 unspecified atom stereocenters. The van der Waals surface area contributed by atoms with Crippen molar-refractivity contribution in [2.75, 3.05) is 11.9 Å². The van der Waals surface area contributed by atoms with Crippen molar-refractivity contribution in [2.24, 2.45) is 5.92 Å². The van der Waals surface area contributed by atoms with Crippen LogP contribution in [-0.2, 0) is 4.74 Å². The molecule has 34 heavy (non-hydrogen) atoms. The van der Waals surface area contributed by atoms with Crippen molar-refractivity contribution in [1.82, 2.24) is 9.55 Å². The van der Waals surface area contributed by atoms with Crippen LogP contribution in [0.5, 0.6) is 0 Å². The highest BCUT2D eigenvalue weighted by Crippen LogP contribution is 2.34. The number of allylic oxidation sites excluding steroid dienone is 3. The summed E-state index contributed by atoms with van der Waals surface area (Å²) in [4.78, 5) is 17.9. The van der Waals surface area contributed by atoms with Gasteiger partial charge in [0, 0.05) is 23.0 Å². The summed E-state index contributed by atoms with van der Waals surface area (Å²) < 4.78 is 23.3. The lowest BCUT2D eigenvalue weighted by Crippen LogP contribution is -2.22. The number of hydrogen-bond acceptors (Lipinski definition) is 4. The minimum atomic E-state index is -0.497. The highest BCUT2D eigenvalue weighted by molar-refractivity contribution is 5.84. The number of ether oxygens (including phenoxy) is 1. The standard InChI is InChI=1S/C28H30FN3O2/c1-2-24(34-18-19-10-9-11-19)26-22(29)17-30-28-27(26)23(33)16-25(31-20-12-5-3-6-13-20)32(28)21-14-7-4-8-15-21/h4-5,7-8,12-17,19,24,31H,2-3,6,9-11,18H2,1H3. The van der Waals surface area contributed by atoms with Crippen LogP contribution < -0.4 is 10.7 Å². The quantitative estimate of drug-likeness (QED) is 0.421. The number of halogens is 1. The van der Waals surface area contributed by atoms with E-state index in [1.807, 2.05) is 47.9 Å². The highest BCUT2D eigenvalue weighted by atomic mass is 19.1. The molecule has 0 saturated heterocycles. The Morgan fingerprint density at radius 2 is 2.06 bits per heavy atom. The first-order chi connectivity index (χ1) is 16.7. The summed E-state index contributed by atoms with van der Waals surface area (Å²) in [6, 6.07) is 11.3. The van der Waals surface area contributed by atoms with E-state index in [2.05, 4.69) is 22.5 Å². The Bertz CT molecular complexity index is 1290. The summed E-state index contributed by atoms with van der Waals surface area (Å²) in [5.74, 6) is 0.622. The van der Waals surface area contributed by atoms with Gasteiger partial charge in [0.15, 0.2) is 11.1 Å². The van der Waals surface area contributed by atoms with E-state index in [4.69, 9.17) is 4.74 Å². The van der Waals surface area contributed by atoms with Crippen molar-refractivity contribution in [3.8, 4) is 5.69 Å². The van der Waals surface area contributed by atoms with Gasteiger partial charge in [-0.1, -0.05) is 43.7 Å². The first-order valence-electron chi connectivity index (χ1n) is 12.2. The molecule has 1 atom stereocenters. The number of nitrogens with one attached hydrogen (secondary N) is 1. The molecule has 2 aliphatic rings. The van der Waals surface area contributed by atoms with Gasteiger partial charge in [0.2, 0.25) is 0 Å². The molecule has 0 spiro atoms. The molecule has 2 aliphatic carbocycles. The average Bonchev–Trinajstić information content (AvgIpc) is 2.83. The molecule has 2 heterocycles. The number of benzene rings is 1. The Morgan fingerprint density at radius 1 is 1.24 bits per heavy atom. The highest BCUT2D eigenvalue weighted by Gasteiger charge is 2.26. The second-order valence-corrected chi connectivity index (χ2v) is 9.07. The zero-order valence-electron chi connectivity index (χ0n) is 19.5. The van der Waals surface area contributed by atoms with E-state index in [1.165, 1.54) is 12.6 Å². The second kappa shape index (κ2) is 9.94. The van der Waals surface area contributed by atoms with Crippen LogP contribution in [0.3, 0.4) is 0 Å². The third kappa shape index (κ3) is 4.42. The summed E-state index contributed by atoms with van der Waals surface area (Å²) in [6.07, 6.45) is 13.0. The predicted molar refractivity (Wildman–Crippen MR) is 134 cm³/mol. The van der Waals surface area contributed by atoms with E-state index in [0.29, 0.717) is 36.0 Å². The smallest absolute Gasteiger partial charge is 0.193 e. The van der Waals surface area contributed by atoms with Crippen LogP contribution in [-0.4, -0.2) is 16.2 Å². The first-order valence-corrected chi connectivity index (χ1v) is 12.2. The van der Waals surface area contributed by atoms with Crippen molar-refractivity contribution in [2.45, 2.75) is 51.6 Å². The van der Waals surface area contributed by atoms with Crippen molar-refractivity contribution in [3.63, 3.8) is 0 Å². The fourth-order valence-electron chi connectivity index (χ4n) is 4.70. The predicted octanol–water partition coefficient (Wildman–Crippen LogP) is 6.44. The SMILES string of the molecule is CCC(OCC1CCC1)c1c(F)cnc2c1c(=O)cc(NC1=CCCC=C1)n2-c1ccccc1. The number of hydrogen-bond donors (Lipinski definition) is 1. The molecule has 5 nitrogen and oxygen atoms in total. The molecule has 0 bridgehead atoms. The third-order valence-electron chi connectivity index (χ3n) is 6.75. The number of anilines is 1. The Balaban J connectivity index is 1.68. The molecule has 1 N–H and O–H groups in total. The third-order valence-corrected chi connectivity index (χ3v) is 6.75. The van der Waals surface area contributed by atoms with Crippen LogP contribution in [0.4, 0.5) is 10.2 Å². The van der Waals surface area contributed by atoms with E-state index in [0.717, 1.165) is 37.1 Å². The number of aromatic nitrogens is 2. The van der Waals surface area contributed by atoms with Crippen molar-refractivity contribution < 1.29 is 9.13 Å². The molecule has 0 aliphatic heterocycles. The van der Waals surface area contributed by atoms with Gasteiger partial charge in [0.05, 0.1) is 24.3 Å². The fourth-order valence-corrected chi connectivity index (χ4v) is 4.70. The van der Waals surface area contributed by atoms with Crippen LogP contribution in [0, 0.1) is 11.7 Å². The molecule has 3 aromatic rings. The summed E-state index contributed by atoms with van der Waals surface area (Å²) in [7, 11) is 0. The lowest BCUT2D eigenvalue weighted by atomic mass is 9.86. The molecule has 1 fully saturated rings. The second-order valence-electron chi connectivity index (χ2n) is 9.07. The van der Waals surface area contributed by atoms with Crippen molar-refractivity contribution >= 4 is 16.9 Å². The molecule has 1 aromatic carbocycles. The number of fused-ring (bicyclic) bond motifs is 1. The molecule has 1 saturated carbocycles. The van der Waals surface area contributed by atoms with Gasteiger partial charge >= 0.3 is 0 Å². The molecule has 6 heteroatoms. The molecular formula is C28H30FN3O2. The van der Waals surface area contributed by atoms with E-state index < -0.39 is 11.9 Å². The number of nitrogens with zero attached hydrogens (tertiary/aromatic N) is 2. The Kier molecular flexibility index (Phi) is 6.59. The lowest BCUT2D eigenvalue weighted by Gasteiger charge is -2.28. The van der Waals surface area contributed by atoms with Crippen LogP contribution >= 0.6 is 0 Å². The summed E-state index contributed by atoms with van der Waals surface area (Å²) in [5.41, 5.74) is 2.22. The van der Waals surface area contributed by atoms with Crippen molar-refractivity contribution in [1.29, 1.82) is 0 Å². The van der Waals surface area contributed by atoms with Gasteiger partial charge < -0.3 is 10.1 Å². The van der Waals surface area contributed by atoms with Gasteiger partial charge in [0.25, 0.3) is 0 Å². The molecule has 5 rings (SSSR count). The first kappa shape index (κ1) is 22.5. The maximum Gasteiger partial charge on any atom is 0.193 e. The normalized spacial score (nSPS) is 16.8. The molecule has 0 radical (unpaired) electrons. The van der Waals surface area contributed by atoms with Crippen LogP contribution in [0.2, 0.25) is 0 Å². The van der Waals surface area contributed by atoms with Gasteiger partial charge in [-0.15, -0.1) is 0 Å². The van der Waals surface area contributed by atoms with Crippen LogP contribution in [0.1, 0.15) is 57.1 Å². The van der Waals surface area contributed by atoms with Crippen molar-refractivity contribution in [3.05, 3.63) is 88.1 Å². The maximum atomic E-state index is 15.2. The van der Waals surface area contributed by atoms with Gasteiger partial charge in [-0.05, 0) is 56.2 Å². The van der Waals surface area contributed by atoms with Gasteiger partial charge in [-0.25, -0.2) is 9.37 Å². The molecule has 2 aromatic heterocycles. The van der Waals surface area contributed by atoms with Gasteiger partial charge in [-0.3, -0.25) is 9.36 Å². The summed E-state index contributed by atoms with van der Waals surface area (Å²) >= 11 is 0. The van der Waals surface area contributed by atoms with Gasteiger partial charge in [-0.2, -0.15) is 0 Å². The maximum absolute atomic E-state index is 15.2. The Hall–Kier alpha value is -3.25. The minimum Gasteiger partial charge on any atom is -0.373 e. The Morgan fingerprint density at radius 3 is 2.74 bits per heavy atom. The largest absolute Gasteiger partial charge is 0.373 e. The molecular weight excluding hydrogens is 429 g/mol. The van der Waals surface area contributed by atoms with Crippen LogP contribution in [0.15, 0.2) is 71.3 Å². The monoisotopic (exact) mass is 459 g/mol. The van der Waals surface area contributed by atoms with E-state index in [1.54, 1.807) is 6.07 Å². The number of pyridine rings is 2.